The molecule has 0 aliphatic carbocycles. The minimum atomic E-state index is -0.533. The van der Waals surface area contributed by atoms with Gasteiger partial charge in [-0.2, -0.15) is 0 Å². The van der Waals surface area contributed by atoms with Gasteiger partial charge in [-0.25, -0.2) is 0 Å². The molecule has 8 heteroatoms. The Morgan fingerprint density at radius 2 is 1.90 bits per heavy atom. The summed E-state index contributed by atoms with van der Waals surface area (Å²) in [5, 5.41) is 6.61. The summed E-state index contributed by atoms with van der Waals surface area (Å²) in [6.45, 7) is 4.30. The zero-order chi connectivity index (χ0) is 21.8. The van der Waals surface area contributed by atoms with Gasteiger partial charge in [-0.1, -0.05) is 11.6 Å². The van der Waals surface area contributed by atoms with Crippen molar-refractivity contribution in [2.24, 2.45) is 0 Å². The fourth-order valence-corrected chi connectivity index (χ4v) is 3.53. The number of carbonyl (C=O) groups is 2. The maximum absolute atomic E-state index is 12.7. The molecule has 2 amide bonds. The Labute approximate surface area is 181 Å². The van der Waals surface area contributed by atoms with E-state index in [0.717, 1.165) is 17.7 Å². The van der Waals surface area contributed by atoms with Crippen molar-refractivity contribution in [1.29, 1.82) is 0 Å². The first kappa shape index (κ1) is 21.8. The van der Waals surface area contributed by atoms with E-state index in [-0.39, 0.29) is 11.8 Å². The summed E-state index contributed by atoms with van der Waals surface area (Å²) in [5.74, 6) is 0.937. The molecule has 1 saturated heterocycles. The Morgan fingerprint density at radius 1 is 1.17 bits per heavy atom. The van der Waals surface area contributed by atoms with Crippen molar-refractivity contribution in [3.05, 3.63) is 40.9 Å². The molecule has 1 aliphatic rings. The molecule has 0 bridgehead atoms. The first-order valence-electron chi connectivity index (χ1n) is 9.74. The van der Waals surface area contributed by atoms with Gasteiger partial charge < -0.3 is 25.0 Å². The third kappa shape index (κ3) is 4.62. The number of carbonyl (C=O) groups excluding carboxylic acids is 2. The van der Waals surface area contributed by atoms with Crippen molar-refractivity contribution in [3.8, 4) is 11.5 Å². The number of benzene rings is 2. The van der Waals surface area contributed by atoms with Crippen LogP contribution in [-0.4, -0.2) is 38.6 Å². The zero-order valence-electron chi connectivity index (χ0n) is 17.5. The second-order valence-electron chi connectivity index (χ2n) is 7.19. The molecule has 1 atom stereocenters. The van der Waals surface area contributed by atoms with Crippen LogP contribution in [0.15, 0.2) is 30.3 Å². The standard InChI is InChI=1S/C22H26ClN3O4/c1-13-10-17(19(29-3)12-16(13)23)25-22(28)14(2)24-15-7-8-18(20(11-15)30-4)26-9-5-6-21(26)27/h7-8,10-12,14,24H,5-6,9H2,1-4H3,(H,25,28). The molecule has 7 nitrogen and oxygen atoms in total. The monoisotopic (exact) mass is 431 g/mol. The highest BCUT2D eigenvalue weighted by Crippen LogP contribution is 2.34. The van der Waals surface area contributed by atoms with Crippen LogP contribution in [0.4, 0.5) is 17.1 Å². The van der Waals surface area contributed by atoms with Gasteiger partial charge in [0.15, 0.2) is 0 Å². The predicted octanol–water partition coefficient (Wildman–Crippen LogP) is 4.23. The van der Waals surface area contributed by atoms with Crippen LogP contribution in [0.3, 0.4) is 0 Å². The van der Waals surface area contributed by atoms with E-state index in [1.165, 1.54) is 7.11 Å². The molecular weight excluding hydrogens is 406 g/mol. The summed E-state index contributed by atoms with van der Waals surface area (Å²) in [6.07, 6.45) is 1.39. The van der Waals surface area contributed by atoms with Crippen LogP contribution in [-0.2, 0) is 9.59 Å². The topological polar surface area (TPSA) is 79.9 Å². The number of ether oxygens (including phenoxy) is 2. The molecule has 0 aromatic heterocycles. The number of hydrogen-bond acceptors (Lipinski definition) is 5. The maximum atomic E-state index is 12.7. The van der Waals surface area contributed by atoms with Crippen molar-refractivity contribution < 1.29 is 19.1 Å². The van der Waals surface area contributed by atoms with Crippen LogP contribution in [0.25, 0.3) is 0 Å². The highest BCUT2D eigenvalue weighted by molar-refractivity contribution is 6.31. The molecule has 0 radical (unpaired) electrons. The van der Waals surface area contributed by atoms with Crippen molar-refractivity contribution >= 4 is 40.5 Å². The van der Waals surface area contributed by atoms with E-state index in [2.05, 4.69) is 10.6 Å². The van der Waals surface area contributed by atoms with Gasteiger partial charge in [-0.05, 0) is 44.0 Å². The lowest BCUT2D eigenvalue weighted by Gasteiger charge is -2.21. The van der Waals surface area contributed by atoms with Crippen LogP contribution < -0.4 is 25.0 Å². The van der Waals surface area contributed by atoms with E-state index in [9.17, 15) is 9.59 Å². The van der Waals surface area contributed by atoms with E-state index in [1.54, 1.807) is 37.1 Å². The molecule has 0 saturated carbocycles. The second-order valence-corrected chi connectivity index (χ2v) is 7.60. The van der Waals surface area contributed by atoms with Crippen molar-refractivity contribution in [2.45, 2.75) is 32.7 Å². The zero-order valence-corrected chi connectivity index (χ0v) is 18.3. The molecule has 1 fully saturated rings. The average molecular weight is 432 g/mol. The molecule has 1 unspecified atom stereocenters. The first-order chi connectivity index (χ1) is 14.3. The predicted molar refractivity (Wildman–Crippen MR) is 119 cm³/mol. The van der Waals surface area contributed by atoms with Crippen LogP contribution in [0.1, 0.15) is 25.3 Å². The number of nitrogens with zero attached hydrogens (tertiary/aromatic N) is 1. The molecule has 30 heavy (non-hydrogen) atoms. The quantitative estimate of drug-likeness (QED) is 0.685. The smallest absolute Gasteiger partial charge is 0.246 e. The summed E-state index contributed by atoms with van der Waals surface area (Å²) < 4.78 is 10.8. The number of amides is 2. The summed E-state index contributed by atoms with van der Waals surface area (Å²) in [7, 11) is 3.09. The van der Waals surface area contributed by atoms with E-state index >= 15 is 0 Å². The molecule has 2 N–H and O–H groups in total. The number of rotatable bonds is 7. The summed E-state index contributed by atoms with van der Waals surface area (Å²) in [4.78, 5) is 26.5. The largest absolute Gasteiger partial charge is 0.495 e. The van der Waals surface area contributed by atoms with Crippen LogP contribution in [0.2, 0.25) is 5.02 Å². The van der Waals surface area contributed by atoms with Crippen LogP contribution in [0.5, 0.6) is 11.5 Å². The average Bonchev–Trinajstić information content (AvgIpc) is 3.15. The molecule has 0 spiro atoms. The highest BCUT2D eigenvalue weighted by atomic mass is 35.5. The van der Waals surface area contributed by atoms with Gasteiger partial charge >= 0.3 is 0 Å². The minimum Gasteiger partial charge on any atom is -0.495 e. The summed E-state index contributed by atoms with van der Waals surface area (Å²) >= 11 is 6.13. The summed E-state index contributed by atoms with van der Waals surface area (Å²) in [5.41, 5.74) is 2.84. The molecule has 2 aromatic carbocycles. The Balaban J connectivity index is 1.72. The van der Waals surface area contributed by atoms with Crippen molar-refractivity contribution in [1.82, 2.24) is 0 Å². The number of hydrogen-bond donors (Lipinski definition) is 2. The normalized spacial score (nSPS) is 14.4. The lowest BCUT2D eigenvalue weighted by Crippen LogP contribution is -2.32. The highest BCUT2D eigenvalue weighted by Gasteiger charge is 2.25. The molecule has 160 valence electrons. The van der Waals surface area contributed by atoms with Gasteiger partial charge in [-0.3, -0.25) is 9.59 Å². The van der Waals surface area contributed by atoms with Gasteiger partial charge in [0.25, 0.3) is 0 Å². The molecule has 2 aromatic rings. The summed E-state index contributed by atoms with van der Waals surface area (Å²) in [6, 6.07) is 8.37. The molecule has 3 rings (SSSR count). The van der Waals surface area contributed by atoms with Crippen molar-refractivity contribution in [3.63, 3.8) is 0 Å². The fourth-order valence-electron chi connectivity index (χ4n) is 3.38. The van der Waals surface area contributed by atoms with E-state index in [4.69, 9.17) is 21.1 Å². The molecule has 1 heterocycles. The number of nitrogens with one attached hydrogen (secondary N) is 2. The number of methoxy groups -OCH3 is 2. The molecule has 1 aliphatic heterocycles. The maximum Gasteiger partial charge on any atom is 0.246 e. The van der Waals surface area contributed by atoms with Gasteiger partial charge in [0, 0.05) is 35.8 Å². The second kappa shape index (κ2) is 9.26. The van der Waals surface area contributed by atoms with Gasteiger partial charge in [0.2, 0.25) is 11.8 Å². The third-order valence-corrected chi connectivity index (χ3v) is 5.47. The van der Waals surface area contributed by atoms with Crippen molar-refractivity contribution in [2.75, 3.05) is 36.3 Å². The van der Waals surface area contributed by atoms with E-state index in [1.807, 2.05) is 19.1 Å². The molecular formula is C22H26ClN3O4. The van der Waals surface area contributed by atoms with Crippen LogP contribution >= 0.6 is 11.6 Å². The lowest BCUT2D eigenvalue weighted by molar-refractivity contribution is -0.117. The first-order valence-corrected chi connectivity index (χ1v) is 10.1. The third-order valence-electron chi connectivity index (χ3n) is 5.06. The van der Waals surface area contributed by atoms with Gasteiger partial charge in [-0.15, -0.1) is 0 Å². The van der Waals surface area contributed by atoms with Gasteiger partial charge in [0.05, 0.1) is 25.6 Å². The van der Waals surface area contributed by atoms with E-state index < -0.39 is 6.04 Å². The van der Waals surface area contributed by atoms with E-state index in [0.29, 0.717) is 40.9 Å². The SMILES string of the molecule is COc1cc(Cl)c(C)cc1NC(=O)C(C)Nc1ccc(N2CCCC2=O)c(OC)c1. The fraction of sp³-hybridized carbons (Fsp3) is 0.364. The number of halogens is 1. The van der Waals surface area contributed by atoms with Crippen LogP contribution in [0, 0.1) is 6.92 Å². The number of aryl methyl sites for hydroxylation is 1. The Bertz CT molecular complexity index is 964. The minimum absolute atomic E-state index is 0.0916. The van der Waals surface area contributed by atoms with Gasteiger partial charge in [0.1, 0.15) is 17.5 Å². The Kier molecular flexibility index (Phi) is 6.72. The number of anilines is 3. The Hall–Kier alpha value is -2.93. The lowest BCUT2D eigenvalue weighted by atomic mass is 10.2. The Morgan fingerprint density at radius 3 is 2.53 bits per heavy atom.